The van der Waals surface area contributed by atoms with Crippen molar-refractivity contribution in [2.45, 2.75) is 20.8 Å². The van der Waals surface area contributed by atoms with Gasteiger partial charge in [-0.25, -0.2) is 5.84 Å². The summed E-state index contributed by atoms with van der Waals surface area (Å²) in [7, 11) is 1.75. The Hall–Kier alpha value is -1.42. The van der Waals surface area contributed by atoms with Crippen molar-refractivity contribution < 1.29 is 4.68 Å². The third-order valence-corrected chi connectivity index (χ3v) is 2.00. The number of amidine groups is 1. The standard InChI is InChI=1S/C11H21N4/c1-7-15(12)11(13-14(5)6)8-10(4)9(2)3/h7-9H,1,5,12H2,2-4,6H3/q+1/b10-8+,13-11-. The van der Waals surface area contributed by atoms with Crippen molar-refractivity contribution in [2.75, 3.05) is 7.05 Å². The maximum Gasteiger partial charge on any atom is 0.214 e. The molecule has 0 spiro atoms. The first kappa shape index (κ1) is 13.6. The summed E-state index contributed by atoms with van der Waals surface area (Å²) in [6.07, 6.45) is 3.43. The maximum atomic E-state index is 5.70. The van der Waals surface area contributed by atoms with Crippen LogP contribution in [0.25, 0.3) is 0 Å². The first-order valence-corrected chi connectivity index (χ1v) is 4.86. The molecule has 0 aromatic rings. The molecule has 2 N–H and O–H groups in total. The molecule has 15 heavy (non-hydrogen) atoms. The minimum Gasteiger partial charge on any atom is -0.265 e. The predicted molar refractivity (Wildman–Crippen MR) is 65.6 cm³/mol. The number of hydrogen-bond acceptors (Lipinski definition) is 2. The van der Waals surface area contributed by atoms with Crippen molar-refractivity contribution in [3.8, 4) is 0 Å². The zero-order chi connectivity index (χ0) is 12.0. The van der Waals surface area contributed by atoms with Gasteiger partial charge in [0.25, 0.3) is 0 Å². The monoisotopic (exact) mass is 209 g/mol. The molecular weight excluding hydrogens is 188 g/mol. The number of allylic oxidation sites excluding steroid dienone is 1. The highest BCUT2D eigenvalue weighted by atomic mass is 15.5. The summed E-state index contributed by atoms with van der Waals surface area (Å²) >= 11 is 0. The van der Waals surface area contributed by atoms with Gasteiger partial charge in [0.15, 0.2) is 13.8 Å². The number of hydrazone groups is 1. The molecule has 0 unspecified atom stereocenters. The molecule has 0 radical (unpaired) electrons. The second-order valence-electron chi connectivity index (χ2n) is 3.75. The van der Waals surface area contributed by atoms with E-state index >= 15 is 0 Å². The summed E-state index contributed by atoms with van der Waals surface area (Å²) in [5.74, 6) is 6.78. The Labute approximate surface area is 92.1 Å². The van der Waals surface area contributed by atoms with Crippen molar-refractivity contribution in [3.05, 3.63) is 24.4 Å². The van der Waals surface area contributed by atoms with Gasteiger partial charge in [0.1, 0.15) is 0 Å². The highest BCUT2D eigenvalue weighted by Crippen LogP contribution is 2.08. The molecule has 0 aromatic heterocycles. The van der Waals surface area contributed by atoms with Crippen molar-refractivity contribution in [1.82, 2.24) is 5.01 Å². The number of hydrogen-bond donors (Lipinski definition) is 1. The van der Waals surface area contributed by atoms with E-state index in [-0.39, 0.29) is 0 Å². The van der Waals surface area contributed by atoms with E-state index in [0.717, 1.165) is 0 Å². The molecule has 4 heteroatoms. The number of hydrazine groups is 1. The van der Waals surface area contributed by atoms with Crippen LogP contribution in [0.3, 0.4) is 0 Å². The Balaban J connectivity index is 5.05. The molecule has 0 aliphatic rings. The maximum absolute atomic E-state index is 5.70. The molecule has 0 bridgehead atoms. The van der Waals surface area contributed by atoms with E-state index in [4.69, 9.17) is 5.84 Å². The smallest absolute Gasteiger partial charge is 0.214 e. The zero-order valence-corrected chi connectivity index (χ0v) is 10.1. The SMILES string of the molecule is C=CN(N)C(/C=C(\C)C(C)C)=N\[N+](=C)C. The molecule has 0 heterocycles. The number of nitrogens with two attached hydrogens (primary N) is 1. The van der Waals surface area contributed by atoms with Crippen molar-refractivity contribution in [2.24, 2.45) is 16.9 Å². The Morgan fingerprint density at radius 2 is 2.07 bits per heavy atom. The predicted octanol–water partition coefficient (Wildman–Crippen LogP) is 1.56. The number of nitrogens with zero attached hydrogens (tertiary/aromatic N) is 3. The summed E-state index contributed by atoms with van der Waals surface area (Å²) in [4.78, 5) is 0. The van der Waals surface area contributed by atoms with E-state index in [1.54, 1.807) is 7.05 Å². The third kappa shape index (κ3) is 5.12. The molecule has 0 saturated heterocycles. The van der Waals surface area contributed by atoms with Gasteiger partial charge in [-0.05, 0) is 18.9 Å². The van der Waals surface area contributed by atoms with Gasteiger partial charge < -0.3 is 0 Å². The average Bonchev–Trinajstić information content (AvgIpc) is 2.14. The van der Waals surface area contributed by atoms with Gasteiger partial charge in [-0.3, -0.25) is 5.01 Å². The van der Waals surface area contributed by atoms with Gasteiger partial charge in [0.2, 0.25) is 5.84 Å². The summed E-state index contributed by atoms with van der Waals surface area (Å²) in [6, 6.07) is 0. The minimum absolute atomic E-state index is 0.462. The van der Waals surface area contributed by atoms with Crippen molar-refractivity contribution >= 4 is 12.6 Å². The highest BCUT2D eigenvalue weighted by Gasteiger charge is 2.06. The van der Waals surface area contributed by atoms with Crippen LogP contribution >= 0.6 is 0 Å². The Morgan fingerprint density at radius 3 is 2.40 bits per heavy atom. The molecular formula is C11H21N4+. The lowest BCUT2D eigenvalue weighted by molar-refractivity contribution is -0.493. The molecule has 0 rings (SSSR count). The molecule has 0 saturated carbocycles. The van der Waals surface area contributed by atoms with Gasteiger partial charge in [-0.1, -0.05) is 30.7 Å². The average molecular weight is 209 g/mol. The quantitative estimate of drug-likeness (QED) is 0.251. The fourth-order valence-corrected chi connectivity index (χ4v) is 0.794. The Morgan fingerprint density at radius 1 is 1.53 bits per heavy atom. The lowest BCUT2D eigenvalue weighted by Crippen LogP contribution is -2.32. The van der Waals surface area contributed by atoms with Crippen LogP contribution in [0.2, 0.25) is 0 Å². The van der Waals surface area contributed by atoms with E-state index in [0.29, 0.717) is 11.8 Å². The van der Waals surface area contributed by atoms with Gasteiger partial charge in [-0.2, -0.15) is 0 Å². The molecule has 0 aliphatic heterocycles. The fourth-order valence-electron chi connectivity index (χ4n) is 0.794. The highest BCUT2D eigenvalue weighted by molar-refractivity contribution is 5.93. The molecule has 0 aliphatic carbocycles. The first-order valence-electron chi connectivity index (χ1n) is 4.86. The van der Waals surface area contributed by atoms with Crippen LogP contribution < -0.4 is 5.84 Å². The van der Waals surface area contributed by atoms with Crippen LogP contribution in [0.15, 0.2) is 29.5 Å². The van der Waals surface area contributed by atoms with E-state index < -0.39 is 0 Å². The van der Waals surface area contributed by atoms with Crippen LogP contribution in [0.1, 0.15) is 20.8 Å². The Kier molecular flexibility index (Phi) is 5.56. The molecule has 0 atom stereocenters. The molecule has 4 nitrogen and oxygen atoms in total. The van der Waals surface area contributed by atoms with Crippen molar-refractivity contribution in [3.63, 3.8) is 0 Å². The second kappa shape index (κ2) is 6.14. The molecule has 84 valence electrons. The fraction of sp³-hybridized carbons (Fsp3) is 0.455. The Bertz CT molecular complexity index is 300. The molecule has 0 aromatic carbocycles. The van der Waals surface area contributed by atoms with Gasteiger partial charge in [0.05, 0.1) is 0 Å². The minimum atomic E-state index is 0.462. The van der Waals surface area contributed by atoms with Crippen LogP contribution in [0.5, 0.6) is 0 Å². The first-order chi connectivity index (χ1) is 6.88. The van der Waals surface area contributed by atoms with E-state index in [2.05, 4.69) is 32.2 Å². The summed E-state index contributed by atoms with van der Waals surface area (Å²) in [5, 5.41) is 5.53. The lowest BCUT2D eigenvalue weighted by atomic mass is 10.1. The van der Waals surface area contributed by atoms with E-state index in [1.807, 2.05) is 13.0 Å². The lowest BCUT2D eigenvalue weighted by Gasteiger charge is -2.12. The normalized spacial score (nSPS) is 12.9. The molecule has 0 amide bonds. The van der Waals surface area contributed by atoms with Crippen LogP contribution in [0, 0.1) is 5.92 Å². The van der Waals surface area contributed by atoms with Gasteiger partial charge in [-0.15, -0.1) is 0 Å². The topological polar surface area (TPSA) is 44.6 Å². The van der Waals surface area contributed by atoms with Crippen LogP contribution in [-0.2, 0) is 0 Å². The van der Waals surface area contributed by atoms with E-state index in [1.165, 1.54) is 21.5 Å². The third-order valence-electron chi connectivity index (χ3n) is 2.00. The summed E-state index contributed by atoms with van der Waals surface area (Å²) in [6.45, 7) is 13.5. The van der Waals surface area contributed by atoms with Gasteiger partial charge in [0, 0.05) is 11.3 Å². The van der Waals surface area contributed by atoms with Crippen LogP contribution in [0.4, 0.5) is 0 Å². The zero-order valence-electron chi connectivity index (χ0n) is 10.1. The molecule has 0 fully saturated rings. The van der Waals surface area contributed by atoms with Crippen LogP contribution in [-0.4, -0.2) is 29.3 Å². The summed E-state index contributed by atoms with van der Waals surface area (Å²) < 4.78 is 1.46. The second-order valence-corrected chi connectivity index (χ2v) is 3.75. The number of rotatable bonds is 4. The summed E-state index contributed by atoms with van der Waals surface area (Å²) in [5.41, 5.74) is 1.20. The van der Waals surface area contributed by atoms with Crippen molar-refractivity contribution in [1.29, 1.82) is 0 Å². The van der Waals surface area contributed by atoms with Gasteiger partial charge >= 0.3 is 0 Å². The largest absolute Gasteiger partial charge is 0.265 e. The van der Waals surface area contributed by atoms with E-state index in [9.17, 15) is 0 Å².